The van der Waals surface area contributed by atoms with Crippen molar-refractivity contribution < 1.29 is 23.1 Å². The number of fused-ring (bicyclic) bond motifs is 5. The predicted molar refractivity (Wildman–Crippen MR) is 136 cm³/mol. The smallest absolute Gasteiger partial charge is 0.411 e. The molecule has 1 saturated carbocycles. The summed E-state index contributed by atoms with van der Waals surface area (Å²) >= 11 is 0. The van der Waals surface area contributed by atoms with Gasteiger partial charge in [0.1, 0.15) is 29.3 Å². The molecule has 5 rings (SSSR count). The van der Waals surface area contributed by atoms with Crippen molar-refractivity contribution in [2.24, 2.45) is 5.92 Å². The van der Waals surface area contributed by atoms with Crippen molar-refractivity contribution in [3.8, 4) is 6.07 Å². The van der Waals surface area contributed by atoms with Crippen molar-refractivity contribution in [1.29, 1.82) is 5.26 Å². The van der Waals surface area contributed by atoms with Crippen molar-refractivity contribution in [3.05, 3.63) is 57.9 Å². The molecule has 4 atom stereocenters. The quantitative estimate of drug-likeness (QED) is 0.496. The SMILES string of the molecule is CC(C)(C)OC(=O)N1C2CCC(C2)C1C(=O)NC(C#N)Cc1cc2c(=O)[nH]c3ccc(F)cc3c2cc1F. The Bertz CT molecular complexity index is 1550. The zero-order valence-electron chi connectivity index (χ0n) is 21.3. The van der Waals surface area contributed by atoms with E-state index < -0.39 is 46.9 Å². The van der Waals surface area contributed by atoms with E-state index in [4.69, 9.17) is 4.74 Å². The Hall–Kier alpha value is -4.00. The van der Waals surface area contributed by atoms with E-state index in [-0.39, 0.29) is 34.7 Å². The lowest BCUT2D eigenvalue weighted by molar-refractivity contribution is -0.128. The second-order valence-corrected chi connectivity index (χ2v) is 11.1. The first-order valence-corrected chi connectivity index (χ1v) is 12.6. The van der Waals surface area contributed by atoms with Crippen LogP contribution < -0.4 is 10.9 Å². The topological polar surface area (TPSA) is 115 Å². The molecule has 0 radical (unpaired) electrons. The van der Waals surface area contributed by atoms with Crippen molar-refractivity contribution in [2.75, 3.05) is 0 Å². The van der Waals surface area contributed by atoms with Crippen LogP contribution in [0.15, 0.2) is 35.1 Å². The zero-order chi connectivity index (χ0) is 27.4. The third kappa shape index (κ3) is 4.69. The van der Waals surface area contributed by atoms with Gasteiger partial charge in [-0.3, -0.25) is 14.5 Å². The molecule has 2 heterocycles. The molecule has 2 aliphatic rings. The Morgan fingerprint density at radius 3 is 2.66 bits per heavy atom. The first-order chi connectivity index (χ1) is 17.9. The van der Waals surface area contributed by atoms with E-state index in [1.54, 1.807) is 20.8 Å². The lowest BCUT2D eigenvalue weighted by Crippen LogP contribution is -2.55. The van der Waals surface area contributed by atoms with Gasteiger partial charge in [0.15, 0.2) is 0 Å². The number of aromatic nitrogens is 1. The van der Waals surface area contributed by atoms with Crippen molar-refractivity contribution in [1.82, 2.24) is 15.2 Å². The van der Waals surface area contributed by atoms with Crippen LogP contribution in [0.4, 0.5) is 13.6 Å². The Kier molecular flexibility index (Phi) is 6.33. The molecule has 3 aromatic rings. The van der Waals surface area contributed by atoms with Crippen LogP contribution in [0.5, 0.6) is 0 Å². The van der Waals surface area contributed by atoms with Gasteiger partial charge in [0, 0.05) is 28.8 Å². The van der Waals surface area contributed by atoms with Crippen LogP contribution in [0.3, 0.4) is 0 Å². The summed E-state index contributed by atoms with van der Waals surface area (Å²) in [6.45, 7) is 5.26. The first kappa shape index (κ1) is 25.6. The number of carbonyl (C=O) groups excluding carboxylic acids is 2. The van der Waals surface area contributed by atoms with E-state index in [1.807, 2.05) is 6.07 Å². The summed E-state index contributed by atoms with van der Waals surface area (Å²) in [5.74, 6) is -1.74. The molecule has 0 spiro atoms. The van der Waals surface area contributed by atoms with Crippen molar-refractivity contribution >= 4 is 33.7 Å². The van der Waals surface area contributed by atoms with Gasteiger partial charge in [0.2, 0.25) is 5.91 Å². The molecule has 1 aromatic heterocycles. The second-order valence-electron chi connectivity index (χ2n) is 11.1. The summed E-state index contributed by atoms with van der Waals surface area (Å²) in [4.78, 5) is 43.0. The number of ether oxygens (including phenoxy) is 1. The summed E-state index contributed by atoms with van der Waals surface area (Å²) in [6.07, 6.45) is 1.49. The molecule has 198 valence electrons. The monoisotopic (exact) mass is 522 g/mol. The number of nitrogens with one attached hydrogen (secondary N) is 2. The maximum Gasteiger partial charge on any atom is 0.411 e. The molecule has 1 aliphatic carbocycles. The Balaban J connectivity index is 1.39. The minimum absolute atomic E-state index is 0.0449. The number of H-pyrrole nitrogens is 1. The normalized spacial score (nSPS) is 21.5. The van der Waals surface area contributed by atoms with Crippen LogP contribution >= 0.6 is 0 Å². The highest BCUT2D eigenvalue weighted by Gasteiger charge is 2.52. The number of piperidine rings is 1. The van der Waals surface area contributed by atoms with Gasteiger partial charge < -0.3 is 15.0 Å². The number of hydrogen-bond donors (Lipinski definition) is 2. The molecule has 2 aromatic carbocycles. The van der Waals surface area contributed by atoms with E-state index in [9.17, 15) is 24.0 Å². The summed E-state index contributed by atoms with van der Waals surface area (Å²) < 4.78 is 34.5. The van der Waals surface area contributed by atoms with Crippen molar-refractivity contribution in [3.63, 3.8) is 0 Å². The molecule has 38 heavy (non-hydrogen) atoms. The van der Waals surface area contributed by atoms with Gasteiger partial charge in [0.25, 0.3) is 5.56 Å². The zero-order valence-corrected chi connectivity index (χ0v) is 21.3. The lowest BCUT2D eigenvalue weighted by atomic mass is 9.96. The van der Waals surface area contributed by atoms with Gasteiger partial charge in [-0.05, 0) is 87.2 Å². The minimum Gasteiger partial charge on any atom is -0.444 e. The minimum atomic E-state index is -1.11. The van der Waals surface area contributed by atoms with Gasteiger partial charge in [-0.15, -0.1) is 0 Å². The fourth-order valence-electron chi connectivity index (χ4n) is 5.73. The average molecular weight is 523 g/mol. The van der Waals surface area contributed by atoms with Crippen molar-refractivity contribution in [2.45, 2.75) is 70.2 Å². The van der Waals surface area contributed by atoms with Gasteiger partial charge in [-0.25, -0.2) is 13.6 Å². The van der Waals surface area contributed by atoms with E-state index in [1.165, 1.54) is 29.2 Å². The molecule has 4 unspecified atom stereocenters. The summed E-state index contributed by atoms with van der Waals surface area (Å²) in [5, 5.41) is 13.2. The number of pyridine rings is 1. The molecular weight excluding hydrogens is 494 g/mol. The van der Waals surface area contributed by atoms with Gasteiger partial charge in [-0.2, -0.15) is 5.26 Å². The number of rotatable bonds is 4. The number of halogens is 2. The van der Waals surface area contributed by atoms with Crippen LogP contribution in [0.1, 0.15) is 45.6 Å². The van der Waals surface area contributed by atoms with Crippen LogP contribution in [0.25, 0.3) is 21.7 Å². The Labute approximate surface area is 217 Å². The highest BCUT2D eigenvalue weighted by atomic mass is 19.1. The number of amides is 2. The number of carbonyl (C=O) groups is 2. The second kappa shape index (κ2) is 9.39. The van der Waals surface area contributed by atoms with E-state index >= 15 is 4.39 Å². The molecule has 8 nitrogen and oxygen atoms in total. The Morgan fingerprint density at radius 2 is 1.95 bits per heavy atom. The van der Waals surface area contributed by atoms with Crippen LogP contribution in [0.2, 0.25) is 0 Å². The fraction of sp³-hybridized carbons (Fsp3) is 0.429. The van der Waals surface area contributed by atoms with E-state index in [0.29, 0.717) is 17.3 Å². The average Bonchev–Trinajstić information content (AvgIpc) is 3.46. The lowest BCUT2D eigenvalue weighted by Gasteiger charge is -2.35. The highest BCUT2D eigenvalue weighted by Crippen LogP contribution is 2.43. The Morgan fingerprint density at radius 1 is 1.18 bits per heavy atom. The maximum atomic E-state index is 15.2. The maximum absolute atomic E-state index is 15.2. The van der Waals surface area contributed by atoms with Crippen LogP contribution in [-0.2, 0) is 16.0 Å². The van der Waals surface area contributed by atoms with Crippen LogP contribution in [-0.4, -0.2) is 45.6 Å². The fourth-order valence-corrected chi connectivity index (χ4v) is 5.73. The number of benzene rings is 2. The van der Waals surface area contributed by atoms with E-state index in [2.05, 4.69) is 10.3 Å². The number of hydrogen-bond acceptors (Lipinski definition) is 5. The molecule has 2 N–H and O–H groups in total. The summed E-state index contributed by atoms with van der Waals surface area (Å²) in [7, 11) is 0. The third-order valence-electron chi connectivity index (χ3n) is 7.31. The predicted octanol–water partition coefficient (Wildman–Crippen LogP) is 4.30. The summed E-state index contributed by atoms with van der Waals surface area (Å²) in [5.41, 5.74) is -0.772. The molecular formula is C28H28F2N4O4. The number of nitrogens with zero attached hydrogens (tertiary/aromatic N) is 2. The largest absolute Gasteiger partial charge is 0.444 e. The molecule has 10 heteroatoms. The van der Waals surface area contributed by atoms with Gasteiger partial charge >= 0.3 is 6.09 Å². The molecule has 1 saturated heterocycles. The van der Waals surface area contributed by atoms with Gasteiger partial charge in [0.05, 0.1) is 6.07 Å². The number of nitriles is 1. The van der Waals surface area contributed by atoms with Crippen LogP contribution in [0, 0.1) is 28.9 Å². The number of aromatic amines is 1. The summed E-state index contributed by atoms with van der Waals surface area (Å²) in [6, 6.07) is 6.32. The molecule has 2 bridgehead atoms. The highest BCUT2D eigenvalue weighted by molar-refractivity contribution is 6.05. The number of likely N-dealkylation sites (tertiary alicyclic amines) is 1. The van der Waals surface area contributed by atoms with Gasteiger partial charge in [-0.1, -0.05) is 0 Å². The third-order valence-corrected chi connectivity index (χ3v) is 7.31. The molecule has 2 amide bonds. The molecule has 1 aliphatic heterocycles. The molecule has 2 fully saturated rings. The standard InChI is InChI=1S/C28H28F2N4O4/c1-28(2,3)38-27(37)34-18-6-4-14(9-18)24(34)26(36)32-17(13-31)8-15-10-21-19(12-22(15)30)20-11-16(29)5-7-23(20)33-25(21)35/h5,7,10-12,14,17-18,24H,4,6,8-9H2,1-3H3,(H,32,36)(H,33,35). The van der Waals surface area contributed by atoms with E-state index in [0.717, 1.165) is 18.9 Å². The first-order valence-electron chi connectivity index (χ1n) is 12.6.